The molecule has 27 heavy (non-hydrogen) atoms. The molecule has 3 aromatic rings. The number of benzene rings is 2. The van der Waals surface area contributed by atoms with E-state index in [1.165, 1.54) is 11.9 Å². The van der Waals surface area contributed by atoms with Gasteiger partial charge in [-0.1, -0.05) is 19.1 Å². The van der Waals surface area contributed by atoms with Crippen molar-refractivity contribution in [1.29, 1.82) is 0 Å². The molecule has 0 aliphatic heterocycles. The lowest BCUT2D eigenvalue weighted by Crippen LogP contribution is -2.14. The van der Waals surface area contributed by atoms with Crippen molar-refractivity contribution in [1.82, 2.24) is 9.97 Å². The van der Waals surface area contributed by atoms with Gasteiger partial charge in [-0.3, -0.25) is 4.79 Å². The fourth-order valence-electron chi connectivity index (χ4n) is 2.52. The number of rotatable bonds is 7. The van der Waals surface area contributed by atoms with Crippen LogP contribution in [-0.4, -0.2) is 22.5 Å². The molecule has 0 saturated heterocycles. The number of carbonyl (C=O) groups excluding carboxylic acids is 1. The maximum absolute atomic E-state index is 12.5. The normalized spacial score (nSPS) is 10.3. The molecule has 138 valence electrons. The Bertz CT molecular complexity index is 893. The molecule has 0 fully saturated rings. The van der Waals surface area contributed by atoms with Crippen LogP contribution in [0.1, 0.15) is 29.9 Å². The summed E-state index contributed by atoms with van der Waals surface area (Å²) >= 11 is 0. The molecule has 0 unspecified atom stereocenters. The molecule has 1 heterocycles. The van der Waals surface area contributed by atoms with Crippen molar-refractivity contribution in [3.63, 3.8) is 0 Å². The second-order valence-corrected chi connectivity index (χ2v) is 5.88. The minimum Gasteiger partial charge on any atom is -0.494 e. The predicted octanol–water partition coefficient (Wildman–Crippen LogP) is 4.43. The molecule has 3 rings (SSSR count). The Kier molecular flexibility index (Phi) is 5.99. The quantitative estimate of drug-likeness (QED) is 0.650. The lowest BCUT2D eigenvalue weighted by atomic mass is 10.1. The van der Waals surface area contributed by atoms with Crippen molar-refractivity contribution < 1.29 is 9.53 Å². The molecular weight excluding hydrogens is 340 g/mol. The first-order valence-electron chi connectivity index (χ1n) is 8.90. The molecule has 6 heteroatoms. The maximum atomic E-state index is 12.5. The number of ether oxygens (including phenoxy) is 1. The van der Waals surface area contributed by atoms with Crippen molar-refractivity contribution in [2.45, 2.75) is 20.3 Å². The number of hydrogen-bond donors (Lipinski definition) is 2. The third-order valence-corrected chi connectivity index (χ3v) is 3.96. The Morgan fingerprint density at radius 3 is 2.33 bits per heavy atom. The van der Waals surface area contributed by atoms with Crippen molar-refractivity contribution in [2.24, 2.45) is 0 Å². The highest BCUT2D eigenvalue weighted by atomic mass is 16.5. The highest BCUT2D eigenvalue weighted by Crippen LogP contribution is 2.18. The molecule has 1 amide bonds. The summed E-state index contributed by atoms with van der Waals surface area (Å²) < 4.78 is 5.40. The Morgan fingerprint density at radius 2 is 1.67 bits per heavy atom. The van der Waals surface area contributed by atoms with Crippen molar-refractivity contribution in [3.05, 3.63) is 72.2 Å². The molecule has 2 N–H and O–H groups in total. The van der Waals surface area contributed by atoms with Gasteiger partial charge in [-0.15, -0.1) is 0 Å². The first-order valence-corrected chi connectivity index (χ1v) is 8.90. The molecule has 0 radical (unpaired) electrons. The average molecular weight is 362 g/mol. The number of anilines is 3. The number of nitrogens with zero attached hydrogens (tertiary/aromatic N) is 2. The Hall–Kier alpha value is -3.41. The molecule has 0 saturated carbocycles. The van der Waals surface area contributed by atoms with E-state index in [9.17, 15) is 4.79 Å². The molecule has 6 nitrogen and oxygen atoms in total. The summed E-state index contributed by atoms with van der Waals surface area (Å²) in [4.78, 5) is 20.7. The molecule has 0 spiro atoms. The molecule has 2 aromatic carbocycles. The molecular formula is C21H22N4O2. The number of hydrogen-bond acceptors (Lipinski definition) is 5. The van der Waals surface area contributed by atoms with E-state index in [0.717, 1.165) is 17.9 Å². The number of amides is 1. The standard InChI is InChI=1S/C21H22N4O2/c1-3-15-5-7-16(8-6-15)24-20-13-19(22-14-23-20)21(26)25-17-9-11-18(12-10-17)27-4-2/h5-14H,3-4H2,1-2H3,(H,25,26)(H,22,23,24). The van der Waals surface area contributed by atoms with Crippen LogP contribution in [0.2, 0.25) is 0 Å². The Labute approximate surface area is 158 Å². The lowest BCUT2D eigenvalue weighted by molar-refractivity contribution is 0.102. The van der Waals surface area contributed by atoms with Gasteiger partial charge < -0.3 is 15.4 Å². The fraction of sp³-hybridized carbons (Fsp3) is 0.190. The van der Waals surface area contributed by atoms with Crippen LogP contribution >= 0.6 is 0 Å². The van der Waals surface area contributed by atoms with E-state index in [-0.39, 0.29) is 11.6 Å². The summed E-state index contributed by atoms with van der Waals surface area (Å²) in [5.74, 6) is 1.02. The third-order valence-electron chi connectivity index (χ3n) is 3.96. The van der Waals surface area contributed by atoms with Gasteiger partial charge in [-0.05, 0) is 55.3 Å². The summed E-state index contributed by atoms with van der Waals surface area (Å²) in [5.41, 5.74) is 3.13. The van der Waals surface area contributed by atoms with E-state index in [1.54, 1.807) is 18.2 Å². The number of nitrogens with one attached hydrogen (secondary N) is 2. The van der Waals surface area contributed by atoms with Crippen molar-refractivity contribution in [2.75, 3.05) is 17.2 Å². The van der Waals surface area contributed by atoms with E-state index in [4.69, 9.17) is 4.74 Å². The molecule has 1 aromatic heterocycles. The number of aryl methyl sites for hydroxylation is 1. The van der Waals surface area contributed by atoms with Gasteiger partial charge in [0.05, 0.1) is 6.61 Å². The SMILES string of the molecule is CCOc1ccc(NC(=O)c2cc(Nc3ccc(CC)cc3)ncn2)cc1. The van der Waals surface area contributed by atoms with Crippen LogP contribution in [0.5, 0.6) is 5.75 Å². The second-order valence-electron chi connectivity index (χ2n) is 5.88. The van der Waals surface area contributed by atoms with E-state index in [2.05, 4.69) is 39.7 Å². The minimum absolute atomic E-state index is 0.284. The highest BCUT2D eigenvalue weighted by Gasteiger charge is 2.10. The van der Waals surface area contributed by atoms with E-state index >= 15 is 0 Å². The summed E-state index contributed by atoms with van der Waals surface area (Å²) in [6.07, 6.45) is 2.36. The summed E-state index contributed by atoms with van der Waals surface area (Å²) in [6, 6.07) is 16.9. The van der Waals surface area contributed by atoms with Gasteiger partial charge >= 0.3 is 0 Å². The molecule has 0 aliphatic rings. The van der Waals surface area contributed by atoms with E-state index in [0.29, 0.717) is 18.1 Å². The smallest absolute Gasteiger partial charge is 0.274 e. The van der Waals surface area contributed by atoms with Gasteiger partial charge in [0.2, 0.25) is 0 Å². The second kappa shape index (κ2) is 8.80. The van der Waals surface area contributed by atoms with Gasteiger partial charge in [0.15, 0.2) is 0 Å². The zero-order chi connectivity index (χ0) is 19.1. The highest BCUT2D eigenvalue weighted by molar-refractivity contribution is 6.03. The molecule has 0 bridgehead atoms. The summed E-state index contributed by atoms with van der Waals surface area (Å²) in [7, 11) is 0. The van der Waals surface area contributed by atoms with Crippen LogP contribution in [0.25, 0.3) is 0 Å². The van der Waals surface area contributed by atoms with Crippen LogP contribution in [-0.2, 0) is 6.42 Å². The van der Waals surface area contributed by atoms with E-state index in [1.807, 2.05) is 31.2 Å². The summed E-state index contributed by atoms with van der Waals surface area (Å²) in [5, 5.41) is 6.01. The van der Waals surface area contributed by atoms with Crippen LogP contribution in [0.4, 0.5) is 17.2 Å². The molecule has 0 atom stereocenters. The third kappa shape index (κ3) is 5.04. The van der Waals surface area contributed by atoms with Crippen LogP contribution in [0.15, 0.2) is 60.9 Å². The zero-order valence-corrected chi connectivity index (χ0v) is 15.4. The van der Waals surface area contributed by atoms with Crippen molar-refractivity contribution in [3.8, 4) is 5.75 Å². The Balaban J connectivity index is 1.67. The average Bonchev–Trinajstić information content (AvgIpc) is 2.70. The predicted molar refractivity (Wildman–Crippen MR) is 107 cm³/mol. The first-order chi connectivity index (χ1) is 13.2. The minimum atomic E-state index is -0.300. The monoisotopic (exact) mass is 362 g/mol. The van der Waals surface area contributed by atoms with Crippen LogP contribution < -0.4 is 15.4 Å². The molecule has 0 aliphatic carbocycles. The van der Waals surface area contributed by atoms with Crippen LogP contribution in [0.3, 0.4) is 0 Å². The maximum Gasteiger partial charge on any atom is 0.274 e. The fourth-order valence-corrected chi connectivity index (χ4v) is 2.52. The van der Waals surface area contributed by atoms with Crippen molar-refractivity contribution >= 4 is 23.1 Å². The Morgan fingerprint density at radius 1 is 0.963 bits per heavy atom. The van der Waals surface area contributed by atoms with E-state index < -0.39 is 0 Å². The van der Waals surface area contributed by atoms with Gasteiger partial charge in [0.1, 0.15) is 23.6 Å². The van der Waals surface area contributed by atoms with Gasteiger partial charge in [-0.2, -0.15) is 0 Å². The first kappa shape index (κ1) is 18.4. The van der Waals surface area contributed by atoms with Crippen LogP contribution in [0, 0.1) is 0 Å². The lowest BCUT2D eigenvalue weighted by Gasteiger charge is -2.09. The topological polar surface area (TPSA) is 76.1 Å². The zero-order valence-electron chi connectivity index (χ0n) is 15.4. The largest absolute Gasteiger partial charge is 0.494 e. The number of aromatic nitrogens is 2. The van der Waals surface area contributed by atoms with Gasteiger partial charge in [0.25, 0.3) is 5.91 Å². The number of carbonyl (C=O) groups is 1. The van der Waals surface area contributed by atoms with Gasteiger partial charge in [0, 0.05) is 17.4 Å². The van der Waals surface area contributed by atoms with Gasteiger partial charge in [-0.25, -0.2) is 9.97 Å². The summed E-state index contributed by atoms with van der Waals surface area (Å²) in [6.45, 7) is 4.64.